The summed E-state index contributed by atoms with van der Waals surface area (Å²) in [5.74, 6) is -0.414. The van der Waals surface area contributed by atoms with Gasteiger partial charge < -0.3 is 0 Å². The lowest BCUT2D eigenvalue weighted by Gasteiger charge is -2.20. The fourth-order valence-corrected chi connectivity index (χ4v) is 4.27. The van der Waals surface area contributed by atoms with Gasteiger partial charge in [-0.15, -0.1) is 0 Å². The summed E-state index contributed by atoms with van der Waals surface area (Å²) in [6, 6.07) is 10.2. The SMILES string of the molecule is CN(c1ccc(F)cc1)S(=O)(=O)c1cc(Br)ccc1Br. The lowest BCUT2D eigenvalue weighted by molar-refractivity contribution is 0.593. The Balaban J connectivity index is 2.49. The minimum Gasteiger partial charge on any atom is -0.269 e. The molecule has 7 heteroatoms. The maximum atomic E-state index is 12.9. The van der Waals surface area contributed by atoms with Gasteiger partial charge in [0.1, 0.15) is 10.7 Å². The Bertz CT molecular complexity index is 733. The van der Waals surface area contributed by atoms with Crippen molar-refractivity contribution in [3.63, 3.8) is 0 Å². The molecule has 0 radical (unpaired) electrons. The second kappa shape index (κ2) is 5.83. The van der Waals surface area contributed by atoms with Crippen LogP contribution in [0.2, 0.25) is 0 Å². The number of sulfonamides is 1. The Hall–Kier alpha value is -0.920. The lowest BCUT2D eigenvalue weighted by Crippen LogP contribution is -2.26. The third-order valence-electron chi connectivity index (χ3n) is 2.72. The van der Waals surface area contributed by atoms with E-state index in [2.05, 4.69) is 31.9 Å². The van der Waals surface area contributed by atoms with E-state index < -0.39 is 15.8 Å². The van der Waals surface area contributed by atoms with E-state index in [4.69, 9.17) is 0 Å². The third kappa shape index (κ3) is 3.05. The van der Waals surface area contributed by atoms with E-state index in [1.54, 1.807) is 12.1 Å². The first-order chi connectivity index (χ1) is 9.32. The van der Waals surface area contributed by atoms with E-state index in [0.717, 1.165) is 4.31 Å². The van der Waals surface area contributed by atoms with E-state index in [1.807, 2.05) is 0 Å². The van der Waals surface area contributed by atoms with Crippen molar-refractivity contribution in [3.05, 3.63) is 57.2 Å². The quantitative estimate of drug-likeness (QED) is 0.744. The number of anilines is 1. The molecule has 0 aromatic heterocycles. The minimum absolute atomic E-state index is 0.138. The van der Waals surface area contributed by atoms with E-state index in [1.165, 1.54) is 37.4 Å². The second-order valence-electron chi connectivity index (χ2n) is 4.02. The van der Waals surface area contributed by atoms with Crippen LogP contribution < -0.4 is 4.31 Å². The van der Waals surface area contributed by atoms with Crippen LogP contribution in [0.1, 0.15) is 0 Å². The molecule has 0 unspecified atom stereocenters. The molecule has 3 nitrogen and oxygen atoms in total. The van der Waals surface area contributed by atoms with Gasteiger partial charge in [-0.2, -0.15) is 0 Å². The normalized spacial score (nSPS) is 11.4. The molecule has 0 N–H and O–H groups in total. The van der Waals surface area contributed by atoms with Gasteiger partial charge in [0, 0.05) is 16.0 Å². The number of rotatable bonds is 3. The van der Waals surface area contributed by atoms with E-state index in [0.29, 0.717) is 14.6 Å². The van der Waals surface area contributed by atoms with Gasteiger partial charge >= 0.3 is 0 Å². The zero-order valence-corrected chi connectivity index (χ0v) is 14.3. The topological polar surface area (TPSA) is 37.4 Å². The summed E-state index contributed by atoms with van der Waals surface area (Å²) >= 11 is 6.48. The Morgan fingerprint density at radius 3 is 2.25 bits per heavy atom. The minimum atomic E-state index is -3.72. The number of benzene rings is 2. The molecule has 2 aromatic carbocycles. The smallest absolute Gasteiger partial charge is 0.265 e. The summed E-state index contributed by atoms with van der Waals surface area (Å²) in [6.45, 7) is 0. The average Bonchev–Trinajstić information content (AvgIpc) is 2.41. The van der Waals surface area contributed by atoms with Crippen LogP contribution in [0.25, 0.3) is 0 Å². The van der Waals surface area contributed by atoms with E-state index in [9.17, 15) is 12.8 Å². The van der Waals surface area contributed by atoms with Gasteiger partial charge in [-0.3, -0.25) is 4.31 Å². The summed E-state index contributed by atoms with van der Waals surface area (Å²) in [5, 5.41) is 0. The summed E-state index contributed by atoms with van der Waals surface area (Å²) in [6.07, 6.45) is 0. The number of nitrogens with zero attached hydrogens (tertiary/aromatic N) is 1. The fourth-order valence-electron chi connectivity index (χ4n) is 1.61. The first kappa shape index (κ1) is 15.5. The summed E-state index contributed by atoms with van der Waals surface area (Å²) in [4.78, 5) is 0.138. The Morgan fingerprint density at radius 1 is 1.05 bits per heavy atom. The van der Waals surface area contributed by atoms with Crippen LogP contribution in [0.4, 0.5) is 10.1 Å². The lowest BCUT2D eigenvalue weighted by atomic mass is 10.3. The highest BCUT2D eigenvalue weighted by Crippen LogP contribution is 2.30. The van der Waals surface area contributed by atoms with Crippen molar-refractivity contribution in [3.8, 4) is 0 Å². The molecule has 0 spiro atoms. The molecule has 106 valence electrons. The summed E-state index contributed by atoms with van der Waals surface area (Å²) < 4.78 is 40.3. The molecule has 0 amide bonds. The Labute approximate surface area is 133 Å². The molecule has 20 heavy (non-hydrogen) atoms. The first-order valence-electron chi connectivity index (χ1n) is 5.52. The van der Waals surface area contributed by atoms with Crippen molar-refractivity contribution < 1.29 is 12.8 Å². The highest BCUT2D eigenvalue weighted by Gasteiger charge is 2.24. The monoisotopic (exact) mass is 421 g/mol. The van der Waals surface area contributed by atoms with Gasteiger partial charge in [0.25, 0.3) is 10.0 Å². The van der Waals surface area contributed by atoms with Crippen LogP contribution in [-0.2, 0) is 10.0 Å². The molecule has 0 aliphatic rings. The molecule has 0 saturated heterocycles. The van der Waals surface area contributed by atoms with Gasteiger partial charge in [0.2, 0.25) is 0 Å². The van der Waals surface area contributed by atoms with Crippen molar-refractivity contribution in [2.45, 2.75) is 4.90 Å². The van der Waals surface area contributed by atoms with Gasteiger partial charge in [-0.25, -0.2) is 12.8 Å². The van der Waals surface area contributed by atoms with Crippen molar-refractivity contribution in [2.24, 2.45) is 0 Å². The van der Waals surface area contributed by atoms with Crippen LogP contribution in [-0.4, -0.2) is 15.5 Å². The molecule has 0 heterocycles. The zero-order valence-electron chi connectivity index (χ0n) is 10.3. The standard InChI is InChI=1S/C13H10Br2FNO2S/c1-17(11-5-3-10(16)4-6-11)20(18,19)13-8-9(14)2-7-12(13)15/h2-8H,1H3. The van der Waals surface area contributed by atoms with Gasteiger partial charge in [0.05, 0.1) is 5.69 Å². The van der Waals surface area contributed by atoms with Gasteiger partial charge in [0.15, 0.2) is 0 Å². The summed E-state index contributed by atoms with van der Waals surface area (Å²) in [5.41, 5.74) is 0.387. The largest absolute Gasteiger partial charge is 0.269 e. The van der Waals surface area contributed by atoms with Crippen LogP contribution in [0.5, 0.6) is 0 Å². The van der Waals surface area contributed by atoms with Gasteiger partial charge in [-0.05, 0) is 58.4 Å². The molecule has 0 atom stereocenters. The Morgan fingerprint density at radius 2 is 1.65 bits per heavy atom. The number of hydrogen-bond acceptors (Lipinski definition) is 2. The average molecular weight is 423 g/mol. The van der Waals surface area contributed by atoms with Crippen LogP contribution in [0.3, 0.4) is 0 Å². The summed E-state index contributed by atoms with van der Waals surface area (Å²) in [7, 11) is -2.30. The third-order valence-corrected chi connectivity index (χ3v) is 5.99. The predicted molar refractivity (Wildman–Crippen MR) is 83.8 cm³/mol. The van der Waals surface area contributed by atoms with Crippen LogP contribution in [0, 0.1) is 5.82 Å². The first-order valence-corrected chi connectivity index (χ1v) is 8.54. The molecule has 0 aliphatic carbocycles. The molecular formula is C13H10Br2FNO2S. The molecule has 2 rings (SSSR count). The number of hydrogen-bond donors (Lipinski definition) is 0. The number of halogens is 3. The molecule has 2 aromatic rings. The molecular weight excluding hydrogens is 413 g/mol. The van der Waals surface area contributed by atoms with Crippen LogP contribution >= 0.6 is 31.9 Å². The van der Waals surface area contributed by atoms with E-state index in [-0.39, 0.29) is 4.90 Å². The fraction of sp³-hybridized carbons (Fsp3) is 0.0769. The van der Waals surface area contributed by atoms with E-state index >= 15 is 0 Å². The van der Waals surface area contributed by atoms with Crippen LogP contribution in [0.15, 0.2) is 56.3 Å². The molecule has 0 aliphatic heterocycles. The zero-order chi connectivity index (χ0) is 14.9. The molecule has 0 saturated carbocycles. The molecule has 0 bridgehead atoms. The predicted octanol–water partition coefficient (Wildman–Crippen LogP) is 4.18. The Kier molecular flexibility index (Phi) is 4.51. The van der Waals surface area contributed by atoms with Crippen molar-refractivity contribution in [1.82, 2.24) is 0 Å². The second-order valence-corrected chi connectivity index (χ2v) is 7.73. The van der Waals surface area contributed by atoms with Crippen molar-refractivity contribution >= 4 is 47.6 Å². The maximum Gasteiger partial charge on any atom is 0.265 e. The highest BCUT2D eigenvalue weighted by atomic mass is 79.9. The highest BCUT2D eigenvalue weighted by molar-refractivity contribution is 9.11. The van der Waals surface area contributed by atoms with Gasteiger partial charge in [-0.1, -0.05) is 15.9 Å². The van der Waals surface area contributed by atoms with Crippen molar-refractivity contribution in [1.29, 1.82) is 0 Å². The maximum absolute atomic E-state index is 12.9. The van der Waals surface area contributed by atoms with Crippen molar-refractivity contribution in [2.75, 3.05) is 11.4 Å². The molecule has 0 fully saturated rings.